The lowest BCUT2D eigenvalue weighted by atomic mass is 9.88. The van der Waals surface area contributed by atoms with E-state index in [9.17, 15) is 13.2 Å². The maximum absolute atomic E-state index is 13.1. The number of alkyl halides is 3. The van der Waals surface area contributed by atoms with Crippen LogP contribution in [0.5, 0.6) is 0 Å². The fourth-order valence-corrected chi connectivity index (χ4v) is 4.88. The summed E-state index contributed by atoms with van der Waals surface area (Å²) in [5.41, 5.74) is 1.02. The van der Waals surface area contributed by atoms with Crippen LogP contribution in [-0.4, -0.2) is 37.3 Å². The first-order chi connectivity index (χ1) is 14.0. The third-order valence-electron chi connectivity index (χ3n) is 6.21. The lowest BCUT2D eigenvalue weighted by molar-refractivity contribution is -0.138. The highest BCUT2D eigenvalue weighted by Crippen LogP contribution is 2.40. The Bertz CT molecular complexity index is 1140. The molecule has 4 aromatic rings. The molecule has 1 aliphatic heterocycles. The average molecular weight is 469 g/mol. The lowest BCUT2D eigenvalue weighted by Crippen LogP contribution is -2.45. The molecule has 0 bridgehead atoms. The van der Waals surface area contributed by atoms with Gasteiger partial charge in [-0.2, -0.15) is 13.2 Å². The summed E-state index contributed by atoms with van der Waals surface area (Å²) in [4.78, 5) is 2.22. The molecule has 0 amide bonds. The van der Waals surface area contributed by atoms with Gasteiger partial charge in [-0.15, -0.1) is 24.8 Å². The Kier molecular flexibility index (Phi) is 7.21. The number of piperazine rings is 1. The molecule has 1 atom stereocenters. The fraction of sp³-hybridized carbons (Fsp3) is 0.333. The van der Waals surface area contributed by atoms with Crippen LogP contribution in [0.2, 0.25) is 0 Å². The van der Waals surface area contributed by atoms with E-state index in [0.29, 0.717) is 0 Å². The van der Waals surface area contributed by atoms with Crippen LogP contribution in [0.15, 0.2) is 54.6 Å². The monoisotopic (exact) mass is 468 g/mol. The van der Waals surface area contributed by atoms with Crippen molar-refractivity contribution in [3.63, 3.8) is 0 Å². The minimum Gasteiger partial charge on any atom is -0.314 e. The molecule has 0 saturated carbocycles. The molecule has 0 radical (unpaired) electrons. The Labute approximate surface area is 191 Å². The zero-order valence-corrected chi connectivity index (χ0v) is 18.5. The van der Waals surface area contributed by atoms with Crippen molar-refractivity contribution in [1.29, 1.82) is 0 Å². The maximum atomic E-state index is 13.1. The van der Waals surface area contributed by atoms with E-state index in [-0.39, 0.29) is 37.3 Å². The van der Waals surface area contributed by atoms with E-state index in [4.69, 9.17) is 0 Å². The molecule has 1 N–H and O–H groups in total. The molecular formula is C24H25Cl2F3N2. The van der Waals surface area contributed by atoms with E-state index < -0.39 is 12.6 Å². The lowest BCUT2D eigenvalue weighted by Gasteiger charge is -2.36. The average Bonchev–Trinajstić information content (AvgIpc) is 2.73. The number of benzene rings is 4. The zero-order chi connectivity index (χ0) is 20.0. The molecule has 1 heterocycles. The van der Waals surface area contributed by atoms with Crippen molar-refractivity contribution in [1.82, 2.24) is 10.2 Å². The van der Waals surface area contributed by atoms with E-state index in [1.807, 2.05) is 6.07 Å². The smallest absolute Gasteiger partial charge is 0.314 e. The van der Waals surface area contributed by atoms with Crippen LogP contribution in [0.3, 0.4) is 0 Å². The third kappa shape index (κ3) is 4.56. The second-order valence-electron chi connectivity index (χ2n) is 7.97. The topological polar surface area (TPSA) is 15.3 Å². The highest BCUT2D eigenvalue weighted by Gasteiger charge is 2.32. The molecule has 1 saturated heterocycles. The van der Waals surface area contributed by atoms with E-state index in [1.54, 1.807) is 0 Å². The molecular weight excluding hydrogens is 444 g/mol. The number of rotatable bonds is 4. The molecule has 7 heteroatoms. The second-order valence-corrected chi connectivity index (χ2v) is 7.97. The van der Waals surface area contributed by atoms with Crippen LogP contribution < -0.4 is 5.32 Å². The standard InChI is InChI=1S/C24H23F3N2.2ClH/c25-24(26,27)11-10-21(29-14-12-28-13-15-29)19-8-6-18-5-4-16-2-1-3-17-7-9-20(19)23(18)22(16)17;;/h1-9,21,28H,10-15H2;2*1H/t21-;;/m1../s1. The van der Waals surface area contributed by atoms with Crippen molar-refractivity contribution in [2.45, 2.75) is 25.1 Å². The van der Waals surface area contributed by atoms with Crippen molar-refractivity contribution in [3.8, 4) is 0 Å². The van der Waals surface area contributed by atoms with Gasteiger partial charge in [0.1, 0.15) is 0 Å². The number of nitrogens with zero attached hydrogens (tertiary/aromatic N) is 1. The minimum atomic E-state index is -4.14. The molecule has 2 nitrogen and oxygen atoms in total. The van der Waals surface area contributed by atoms with Crippen molar-refractivity contribution in [2.24, 2.45) is 0 Å². The SMILES string of the molecule is Cl.Cl.FC(F)(F)CC[C@H](c1ccc2ccc3cccc4ccc1c2c34)N1CCNCC1. The highest BCUT2D eigenvalue weighted by atomic mass is 35.5. The molecule has 0 spiro atoms. The summed E-state index contributed by atoms with van der Waals surface area (Å²) in [6.07, 6.45) is -4.81. The summed E-state index contributed by atoms with van der Waals surface area (Å²) in [5.74, 6) is 0. The summed E-state index contributed by atoms with van der Waals surface area (Å²) >= 11 is 0. The predicted octanol–water partition coefficient (Wildman–Crippen LogP) is 6.72. The summed E-state index contributed by atoms with van der Waals surface area (Å²) in [7, 11) is 0. The Balaban J connectivity index is 0.00000136. The van der Waals surface area contributed by atoms with Gasteiger partial charge in [-0.1, -0.05) is 54.6 Å². The van der Waals surface area contributed by atoms with Crippen molar-refractivity contribution in [2.75, 3.05) is 26.2 Å². The summed E-state index contributed by atoms with van der Waals surface area (Å²) in [6.45, 7) is 3.16. The quantitative estimate of drug-likeness (QED) is 0.334. The van der Waals surface area contributed by atoms with Crippen molar-refractivity contribution < 1.29 is 13.2 Å². The largest absolute Gasteiger partial charge is 0.389 e. The predicted molar refractivity (Wildman–Crippen MR) is 127 cm³/mol. The minimum absolute atomic E-state index is 0. The molecule has 166 valence electrons. The van der Waals surface area contributed by atoms with Crippen LogP contribution in [-0.2, 0) is 0 Å². The second kappa shape index (κ2) is 9.37. The maximum Gasteiger partial charge on any atom is 0.389 e. The normalized spacial score (nSPS) is 16.4. The van der Waals surface area contributed by atoms with Gasteiger partial charge in [0.05, 0.1) is 0 Å². The highest BCUT2D eigenvalue weighted by molar-refractivity contribution is 6.23. The van der Waals surface area contributed by atoms with E-state index in [0.717, 1.165) is 42.5 Å². The summed E-state index contributed by atoms with van der Waals surface area (Å²) < 4.78 is 39.3. The first-order valence-corrected chi connectivity index (χ1v) is 10.2. The first kappa shape index (κ1) is 23.9. The Morgan fingerprint density at radius 2 is 1.39 bits per heavy atom. The van der Waals surface area contributed by atoms with Gasteiger partial charge in [-0.3, -0.25) is 4.90 Å². The van der Waals surface area contributed by atoms with Gasteiger partial charge in [0, 0.05) is 38.6 Å². The van der Waals surface area contributed by atoms with Gasteiger partial charge < -0.3 is 5.32 Å². The van der Waals surface area contributed by atoms with Crippen LogP contribution in [0.1, 0.15) is 24.4 Å². The van der Waals surface area contributed by atoms with Crippen LogP contribution in [0.25, 0.3) is 32.3 Å². The number of halogens is 5. The number of hydrogen-bond acceptors (Lipinski definition) is 2. The van der Waals surface area contributed by atoms with Crippen LogP contribution in [0.4, 0.5) is 13.2 Å². The zero-order valence-electron chi connectivity index (χ0n) is 16.9. The van der Waals surface area contributed by atoms with Gasteiger partial charge in [0.15, 0.2) is 0 Å². The Morgan fingerprint density at radius 1 is 0.806 bits per heavy atom. The number of nitrogens with one attached hydrogen (secondary N) is 1. The number of hydrogen-bond donors (Lipinski definition) is 1. The molecule has 0 aromatic heterocycles. The Hall–Kier alpha value is -1.79. The van der Waals surface area contributed by atoms with Crippen molar-refractivity contribution >= 4 is 57.1 Å². The molecule has 31 heavy (non-hydrogen) atoms. The van der Waals surface area contributed by atoms with Gasteiger partial charge in [0.2, 0.25) is 0 Å². The third-order valence-corrected chi connectivity index (χ3v) is 6.21. The molecule has 0 unspecified atom stereocenters. The van der Waals surface area contributed by atoms with Crippen LogP contribution in [0, 0.1) is 0 Å². The van der Waals surface area contributed by atoms with E-state index in [2.05, 4.69) is 58.7 Å². The molecule has 0 aliphatic carbocycles. The fourth-order valence-electron chi connectivity index (χ4n) is 4.88. The molecule has 1 fully saturated rings. The summed E-state index contributed by atoms with van der Waals surface area (Å²) in [6, 6.07) is 18.6. The molecule has 4 aromatic carbocycles. The summed E-state index contributed by atoms with van der Waals surface area (Å²) in [5, 5.41) is 10.3. The Morgan fingerprint density at radius 3 is 2.03 bits per heavy atom. The van der Waals surface area contributed by atoms with Gasteiger partial charge in [0.25, 0.3) is 0 Å². The molecule has 5 rings (SSSR count). The van der Waals surface area contributed by atoms with Gasteiger partial charge in [-0.05, 0) is 44.3 Å². The van der Waals surface area contributed by atoms with E-state index in [1.165, 1.54) is 21.5 Å². The van der Waals surface area contributed by atoms with Crippen LogP contribution >= 0.6 is 24.8 Å². The van der Waals surface area contributed by atoms with E-state index >= 15 is 0 Å². The van der Waals surface area contributed by atoms with Gasteiger partial charge in [-0.25, -0.2) is 0 Å². The first-order valence-electron chi connectivity index (χ1n) is 10.2. The van der Waals surface area contributed by atoms with Gasteiger partial charge >= 0.3 is 6.18 Å². The van der Waals surface area contributed by atoms with Crippen molar-refractivity contribution in [3.05, 3.63) is 60.2 Å². The molecule has 1 aliphatic rings.